The van der Waals surface area contributed by atoms with Gasteiger partial charge >= 0.3 is 0 Å². The summed E-state index contributed by atoms with van der Waals surface area (Å²) in [6.07, 6.45) is 2.28. The Labute approximate surface area is 123 Å². The molecule has 0 N–H and O–H groups in total. The van der Waals surface area contributed by atoms with Crippen LogP contribution in [0.25, 0.3) is 5.65 Å². The van der Waals surface area contributed by atoms with Crippen molar-refractivity contribution in [2.75, 3.05) is 0 Å². The summed E-state index contributed by atoms with van der Waals surface area (Å²) in [6.45, 7) is 11.6. The lowest BCUT2D eigenvalue weighted by Gasteiger charge is -2.40. The molecule has 3 heteroatoms. The summed E-state index contributed by atoms with van der Waals surface area (Å²) in [5.41, 5.74) is 5.51. The van der Waals surface area contributed by atoms with Crippen LogP contribution in [0, 0.1) is 12.3 Å². The number of aromatic nitrogens is 2. The van der Waals surface area contributed by atoms with Gasteiger partial charge in [-0.15, -0.1) is 0 Å². The lowest BCUT2D eigenvalue weighted by atomic mass is 9.66. The van der Waals surface area contributed by atoms with Gasteiger partial charge in [-0.1, -0.05) is 27.7 Å². The van der Waals surface area contributed by atoms with Gasteiger partial charge in [-0.05, 0) is 53.2 Å². The van der Waals surface area contributed by atoms with Crippen molar-refractivity contribution in [2.45, 2.75) is 52.9 Å². The SMILES string of the molecule is Cc1c(Br)ccc2nc3c(n12)C(C)(C)CC(C)(C)C3. The normalized spacial score (nSPS) is 20.5. The summed E-state index contributed by atoms with van der Waals surface area (Å²) in [5.74, 6) is 0. The quantitative estimate of drug-likeness (QED) is 0.690. The van der Waals surface area contributed by atoms with Gasteiger partial charge in [0.2, 0.25) is 0 Å². The Hall–Kier alpha value is -0.830. The molecule has 2 nitrogen and oxygen atoms in total. The molecule has 1 aliphatic rings. The van der Waals surface area contributed by atoms with E-state index in [1.807, 2.05) is 0 Å². The molecule has 0 bridgehead atoms. The topological polar surface area (TPSA) is 17.3 Å². The highest BCUT2D eigenvalue weighted by Gasteiger charge is 2.40. The number of halogens is 1. The number of imidazole rings is 1. The summed E-state index contributed by atoms with van der Waals surface area (Å²) < 4.78 is 3.50. The van der Waals surface area contributed by atoms with E-state index in [4.69, 9.17) is 4.98 Å². The highest BCUT2D eigenvalue weighted by molar-refractivity contribution is 9.10. The fourth-order valence-electron chi connectivity index (χ4n) is 3.92. The van der Waals surface area contributed by atoms with Gasteiger partial charge in [-0.2, -0.15) is 0 Å². The maximum Gasteiger partial charge on any atom is 0.137 e. The number of hydrogen-bond acceptors (Lipinski definition) is 1. The molecule has 102 valence electrons. The summed E-state index contributed by atoms with van der Waals surface area (Å²) in [6, 6.07) is 4.21. The number of pyridine rings is 1. The van der Waals surface area contributed by atoms with E-state index in [0.717, 1.165) is 16.5 Å². The molecule has 0 atom stereocenters. The number of rotatable bonds is 0. The number of aryl methyl sites for hydroxylation is 1. The van der Waals surface area contributed by atoms with Crippen LogP contribution >= 0.6 is 15.9 Å². The molecule has 0 spiro atoms. The maximum atomic E-state index is 4.89. The minimum Gasteiger partial charge on any atom is -0.299 e. The Kier molecular flexibility index (Phi) is 2.66. The van der Waals surface area contributed by atoms with Crippen LogP contribution in [0.3, 0.4) is 0 Å². The molecule has 0 aliphatic heterocycles. The number of nitrogens with zero attached hydrogens (tertiary/aromatic N) is 2. The van der Waals surface area contributed by atoms with Gasteiger partial charge in [0.15, 0.2) is 0 Å². The fourth-order valence-corrected chi connectivity index (χ4v) is 4.23. The van der Waals surface area contributed by atoms with E-state index in [1.54, 1.807) is 0 Å². The van der Waals surface area contributed by atoms with E-state index in [2.05, 4.69) is 67.1 Å². The van der Waals surface area contributed by atoms with Crippen molar-refractivity contribution < 1.29 is 0 Å². The molecular formula is C16H21BrN2. The Morgan fingerprint density at radius 2 is 1.89 bits per heavy atom. The minimum absolute atomic E-state index is 0.169. The third-order valence-electron chi connectivity index (χ3n) is 4.24. The Morgan fingerprint density at radius 3 is 2.58 bits per heavy atom. The third-order valence-corrected chi connectivity index (χ3v) is 5.08. The van der Waals surface area contributed by atoms with Crippen LogP contribution in [0.4, 0.5) is 0 Å². The first-order valence-corrected chi connectivity index (χ1v) is 7.67. The summed E-state index contributed by atoms with van der Waals surface area (Å²) in [4.78, 5) is 4.89. The largest absolute Gasteiger partial charge is 0.299 e. The van der Waals surface area contributed by atoms with Gasteiger partial charge < -0.3 is 0 Å². The van der Waals surface area contributed by atoms with Crippen LogP contribution < -0.4 is 0 Å². The molecule has 2 aromatic heterocycles. The average molecular weight is 321 g/mol. The standard InChI is InChI=1S/C16H21BrN2/c1-10-11(17)6-7-13-18-12-8-15(2,3)9-16(4,5)14(12)19(10)13/h6-7H,8-9H2,1-5H3. The molecule has 1 aliphatic carbocycles. The predicted molar refractivity (Wildman–Crippen MR) is 82.8 cm³/mol. The van der Waals surface area contributed by atoms with E-state index < -0.39 is 0 Å². The zero-order valence-corrected chi connectivity index (χ0v) is 13.9. The lowest BCUT2D eigenvalue weighted by Crippen LogP contribution is -2.35. The van der Waals surface area contributed by atoms with Gasteiger partial charge in [-0.25, -0.2) is 4.98 Å². The van der Waals surface area contributed by atoms with E-state index in [-0.39, 0.29) is 5.41 Å². The summed E-state index contributed by atoms with van der Waals surface area (Å²) in [5, 5.41) is 0. The van der Waals surface area contributed by atoms with Crippen molar-refractivity contribution in [1.82, 2.24) is 9.38 Å². The van der Waals surface area contributed by atoms with Crippen LogP contribution in [0.2, 0.25) is 0 Å². The van der Waals surface area contributed by atoms with Crippen LogP contribution in [0.15, 0.2) is 16.6 Å². The van der Waals surface area contributed by atoms with E-state index in [9.17, 15) is 0 Å². The smallest absolute Gasteiger partial charge is 0.137 e. The van der Waals surface area contributed by atoms with Crippen LogP contribution in [-0.4, -0.2) is 9.38 Å². The molecule has 0 amide bonds. The molecule has 0 saturated heterocycles. The van der Waals surface area contributed by atoms with Crippen LogP contribution in [0.5, 0.6) is 0 Å². The molecule has 0 saturated carbocycles. The zero-order chi connectivity index (χ0) is 14.0. The Morgan fingerprint density at radius 1 is 1.21 bits per heavy atom. The highest BCUT2D eigenvalue weighted by atomic mass is 79.9. The molecule has 0 radical (unpaired) electrons. The van der Waals surface area contributed by atoms with E-state index in [0.29, 0.717) is 5.41 Å². The van der Waals surface area contributed by atoms with Gasteiger partial charge in [0, 0.05) is 15.6 Å². The zero-order valence-electron chi connectivity index (χ0n) is 12.3. The Bertz CT molecular complexity index is 665. The van der Waals surface area contributed by atoms with Crippen LogP contribution in [-0.2, 0) is 11.8 Å². The molecule has 3 rings (SSSR count). The third kappa shape index (κ3) is 1.94. The predicted octanol–water partition coefficient (Wildman–Crippen LogP) is 4.66. The molecule has 19 heavy (non-hydrogen) atoms. The number of hydrogen-bond donors (Lipinski definition) is 0. The average Bonchev–Trinajstić information content (AvgIpc) is 2.60. The van der Waals surface area contributed by atoms with Crippen molar-refractivity contribution in [2.24, 2.45) is 5.41 Å². The molecule has 2 aromatic rings. The highest BCUT2D eigenvalue weighted by Crippen LogP contribution is 2.46. The van der Waals surface area contributed by atoms with Crippen molar-refractivity contribution in [3.05, 3.63) is 33.7 Å². The van der Waals surface area contributed by atoms with E-state index in [1.165, 1.54) is 23.5 Å². The van der Waals surface area contributed by atoms with Gasteiger partial charge in [0.05, 0.1) is 11.4 Å². The maximum absolute atomic E-state index is 4.89. The van der Waals surface area contributed by atoms with Gasteiger partial charge in [0.1, 0.15) is 5.65 Å². The lowest BCUT2D eigenvalue weighted by molar-refractivity contribution is 0.224. The van der Waals surface area contributed by atoms with Crippen molar-refractivity contribution in [3.63, 3.8) is 0 Å². The van der Waals surface area contributed by atoms with Crippen molar-refractivity contribution >= 4 is 21.6 Å². The second kappa shape index (κ2) is 3.85. The molecule has 2 heterocycles. The molecule has 0 unspecified atom stereocenters. The summed E-state index contributed by atoms with van der Waals surface area (Å²) in [7, 11) is 0. The summed E-state index contributed by atoms with van der Waals surface area (Å²) >= 11 is 3.64. The molecule has 0 fully saturated rings. The van der Waals surface area contributed by atoms with Crippen molar-refractivity contribution in [1.29, 1.82) is 0 Å². The monoisotopic (exact) mass is 320 g/mol. The second-order valence-electron chi connectivity index (χ2n) is 7.27. The van der Waals surface area contributed by atoms with Crippen LogP contribution in [0.1, 0.15) is 51.2 Å². The second-order valence-corrected chi connectivity index (χ2v) is 8.12. The Balaban J connectivity index is 2.38. The van der Waals surface area contributed by atoms with E-state index >= 15 is 0 Å². The minimum atomic E-state index is 0.169. The van der Waals surface area contributed by atoms with Gasteiger partial charge in [0.25, 0.3) is 0 Å². The first-order chi connectivity index (χ1) is 8.71. The van der Waals surface area contributed by atoms with Crippen molar-refractivity contribution in [3.8, 4) is 0 Å². The molecular weight excluding hydrogens is 300 g/mol. The first kappa shape index (κ1) is 13.2. The van der Waals surface area contributed by atoms with Gasteiger partial charge in [-0.3, -0.25) is 4.40 Å². The number of fused-ring (bicyclic) bond motifs is 3. The molecule has 0 aromatic carbocycles. The first-order valence-electron chi connectivity index (χ1n) is 6.88. The fraction of sp³-hybridized carbons (Fsp3) is 0.562.